The summed E-state index contributed by atoms with van der Waals surface area (Å²) in [6.45, 7) is 9.38. The van der Waals surface area contributed by atoms with Crippen LogP contribution in [0.1, 0.15) is 36.2 Å². The van der Waals surface area contributed by atoms with Crippen LogP contribution in [0, 0.1) is 13.8 Å². The maximum Gasteiger partial charge on any atom is 0.191 e. The third kappa shape index (κ3) is 8.22. The topological polar surface area (TPSA) is 81.9 Å². The van der Waals surface area contributed by atoms with Crippen LogP contribution in [0.15, 0.2) is 4.99 Å². The number of hydrogen-bond acceptors (Lipinski definition) is 5. The first-order chi connectivity index (χ1) is 13.2. The Hall–Kier alpha value is -0.910. The molecule has 1 aromatic rings. The molecule has 1 saturated heterocycles. The van der Waals surface area contributed by atoms with E-state index in [0.717, 1.165) is 62.9 Å². The summed E-state index contributed by atoms with van der Waals surface area (Å²) in [7, 11) is 3.49. The second kappa shape index (κ2) is 14.1. The molecular weight excluding hydrogens is 473 g/mol. The number of rotatable bonds is 11. The number of hydrogen-bond donors (Lipinski definition) is 2. The van der Waals surface area contributed by atoms with Crippen LogP contribution in [0.4, 0.5) is 0 Å². The molecule has 2 rings (SSSR count). The Balaban J connectivity index is 0.00000392. The highest BCUT2D eigenvalue weighted by molar-refractivity contribution is 14.0. The van der Waals surface area contributed by atoms with Gasteiger partial charge in [0, 0.05) is 51.7 Å². The Bertz CT molecular complexity index is 588. The lowest BCUT2D eigenvalue weighted by Crippen LogP contribution is -2.37. The maximum absolute atomic E-state index is 5.68. The van der Waals surface area contributed by atoms with Gasteiger partial charge in [-0.15, -0.1) is 24.0 Å². The molecule has 28 heavy (non-hydrogen) atoms. The van der Waals surface area contributed by atoms with Crippen LogP contribution in [0.2, 0.25) is 0 Å². The minimum absolute atomic E-state index is 0. The SMILES string of the molecule is CN=C(NCCCOCC1CCCO1)NCc1c(C)nn(CCOC)c1C.I. The molecule has 1 aromatic heterocycles. The lowest BCUT2D eigenvalue weighted by molar-refractivity contribution is 0.0168. The molecule has 0 saturated carbocycles. The van der Waals surface area contributed by atoms with Crippen molar-refractivity contribution < 1.29 is 14.2 Å². The number of methoxy groups -OCH3 is 1. The number of nitrogens with one attached hydrogen (secondary N) is 2. The molecule has 8 nitrogen and oxygen atoms in total. The molecule has 0 spiro atoms. The van der Waals surface area contributed by atoms with Crippen LogP contribution < -0.4 is 10.6 Å². The maximum atomic E-state index is 5.68. The third-order valence-electron chi connectivity index (χ3n) is 4.78. The minimum Gasteiger partial charge on any atom is -0.383 e. The molecule has 1 atom stereocenters. The fourth-order valence-electron chi connectivity index (χ4n) is 3.15. The van der Waals surface area contributed by atoms with Crippen LogP contribution >= 0.6 is 24.0 Å². The Labute approximate surface area is 185 Å². The van der Waals surface area contributed by atoms with Crippen molar-refractivity contribution in [1.82, 2.24) is 20.4 Å². The molecule has 0 aromatic carbocycles. The zero-order valence-electron chi connectivity index (χ0n) is 17.6. The molecule has 1 aliphatic rings. The average molecular weight is 509 g/mol. The fraction of sp³-hybridized carbons (Fsp3) is 0.789. The summed E-state index contributed by atoms with van der Waals surface area (Å²) in [4.78, 5) is 4.29. The van der Waals surface area contributed by atoms with Gasteiger partial charge < -0.3 is 24.8 Å². The lowest BCUT2D eigenvalue weighted by Gasteiger charge is -2.13. The van der Waals surface area contributed by atoms with Gasteiger partial charge in [0.25, 0.3) is 0 Å². The second-order valence-corrected chi connectivity index (χ2v) is 6.78. The van der Waals surface area contributed by atoms with Gasteiger partial charge in [-0.1, -0.05) is 0 Å². The summed E-state index contributed by atoms with van der Waals surface area (Å²) < 4.78 is 18.4. The molecule has 2 N–H and O–H groups in total. The zero-order chi connectivity index (χ0) is 19.5. The van der Waals surface area contributed by atoms with E-state index in [1.54, 1.807) is 14.2 Å². The van der Waals surface area contributed by atoms with E-state index in [9.17, 15) is 0 Å². The summed E-state index contributed by atoms with van der Waals surface area (Å²) in [5.41, 5.74) is 3.40. The van der Waals surface area contributed by atoms with Gasteiger partial charge >= 0.3 is 0 Å². The van der Waals surface area contributed by atoms with E-state index < -0.39 is 0 Å². The molecule has 9 heteroatoms. The third-order valence-corrected chi connectivity index (χ3v) is 4.78. The minimum atomic E-state index is 0. The van der Waals surface area contributed by atoms with Gasteiger partial charge in [-0.2, -0.15) is 5.10 Å². The van der Waals surface area contributed by atoms with Gasteiger partial charge in [-0.25, -0.2) is 0 Å². The first-order valence-electron chi connectivity index (χ1n) is 9.81. The highest BCUT2D eigenvalue weighted by Crippen LogP contribution is 2.13. The quantitative estimate of drug-likeness (QED) is 0.206. The monoisotopic (exact) mass is 509 g/mol. The smallest absolute Gasteiger partial charge is 0.191 e. The van der Waals surface area contributed by atoms with Gasteiger partial charge in [-0.05, 0) is 33.1 Å². The standard InChI is InChI=1S/C19H35N5O3.HI/c1-15-18(16(2)24(23-15)9-12-25-4)13-22-19(20-3)21-8-6-10-26-14-17-7-5-11-27-17;/h17H,5-14H2,1-4H3,(H2,20,21,22);1H. The molecule has 1 aliphatic heterocycles. The summed E-state index contributed by atoms with van der Waals surface area (Å²) >= 11 is 0. The molecular formula is C19H36IN5O3. The predicted molar refractivity (Wildman–Crippen MR) is 122 cm³/mol. The molecule has 0 radical (unpaired) electrons. The number of ether oxygens (including phenoxy) is 3. The highest BCUT2D eigenvalue weighted by atomic mass is 127. The fourth-order valence-corrected chi connectivity index (χ4v) is 3.15. The van der Waals surface area contributed by atoms with Crippen molar-refractivity contribution in [2.24, 2.45) is 4.99 Å². The van der Waals surface area contributed by atoms with Gasteiger partial charge in [0.1, 0.15) is 0 Å². The Morgan fingerprint density at radius 3 is 2.82 bits per heavy atom. The molecule has 162 valence electrons. The zero-order valence-corrected chi connectivity index (χ0v) is 20.0. The van der Waals surface area contributed by atoms with Crippen molar-refractivity contribution in [3.63, 3.8) is 0 Å². The van der Waals surface area contributed by atoms with E-state index in [0.29, 0.717) is 25.9 Å². The lowest BCUT2D eigenvalue weighted by atomic mass is 10.2. The number of halogens is 1. The van der Waals surface area contributed by atoms with E-state index in [1.807, 2.05) is 11.6 Å². The van der Waals surface area contributed by atoms with Gasteiger partial charge in [0.15, 0.2) is 5.96 Å². The Morgan fingerprint density at radius 1 is 1.32 bits per heavy atom. The highest BCUT2D eigenvalue weighted by Gasteiger charge is 2.15. The molecule has 1 fully saturated rings. The summed E-state index contributed by atoms with van der Waals surface area (Å²) in [5, 5.41) is 11.3. The summed E-state index contributed by atoms with van der Waals surface area (Å²) in [5.74, 6) is 0.789. The number of aliphatic imine (C=N–C) groups is 1. The van der Waals surface area contributed by atoms with E-state index in [4.69, 9.17) is 14.2 Å². The van der Waals surface area contributed by atoms with Crippen LogP contribution in [0.5, 0.6) is 0 Å². The molecule has 1 unspecified atom stereocenters. The van der Waals surface area contributed by atoms with Crippen LogP contribution in [-0.4, -0.2) is 69.0 Å². The van der Waals surface area contributed by atoms with E-state index in [-0.39, 0.29) is 24.0 Å². The summed E-state index contributed by atoms with van der Waals surface area (Å²) in [6.07, 6.45) is 3.50. The van der Waals surface area contributed by atoms with Crippen molar-refractivity contribution >= 4 is 29.9 Å². The number of aryl methyl sites for hydroxylation is 1. The van der Waals surface area contributed by atoms with Crippen molar-refractivity contribution in [1.29, 1.82) is 0 Å². The normalized spacial score (nSPS) is 16.9. The van der Waals surface area contributed by atoms with Crippen molar-refractivity contribution in [3.8, 4) is 0 Å². The molecule has 2 heterocycles. The van der Waals surface area contributed by atoms with Gasteiger partial charge in [-0.3, -0.25) is 9.67 Å². The van der Waals surface area contributed by atoms with Crippen LogP contribution in [0.25, 0.3) is 0 Å². The largest absolute Gasteiger partial charge is 0.383 e. The van der Waals surface area contributed by atoms with Crippen LogP contribution in [-0.2, 0) is 27.3 Å². The van der Waals surface area contributed by atoms with E-state index >= 15 is 0 Å². The van der Waals surface area contributed by atoms with E-state index in [1.165, 1.54) is 5.56 Å². The first-order valence-corrected chi connectivity index (χ1v) is 9.81. The van der Waals surface area contributed by atoms with Crippen molar-refractivity contribution in [3.05, 3.63) is 17.0 Å². The number of aromatic nitrogens is 2. The molecule has 0 aliphatic carbocycles. The molecule has 0 bridgehead atoms. The molecule has 0 amide bonds. The summed E-state index contributed by atoms with van der Waals surface area (Å²) in [6, 6.07) is 0. The second-order valence-electron chi connectivity index (χ2n) is 6.78. The average Bonchev–Trinajstić information content (AvgIpc) is 3.27. The van der Waals surface area contributed by atoms with Gasteiger partial charge in [0.05, 0.1) is 31.6 Å². The van der Waals surface area contributed by atoms with Gasteiger partial charge in [0.2, 0.25) is 0 Å². The van der Waals surface area contributed by atoms with Crippen LogP contribution in [0.3, 0.4) is 0 Å². The first kappa shape index (κ1) is 25.1. The van der Waals surface area contributed by atoms with E-state index in [2.05, 4.69) is 27.6 Å². The van der Waals surface area contributed by atoms with Crippen molar-refractivity contribution in [2.75, 3.05) is 47.1 Å². The van der Waals surface area contributed by atoms with Crippen molar-refractivity contribution in [2.45, 2.75) is 52.3 Å². The number of nitrogens with zero attached hydrogens (tertiary/aromatic N) is 3. The number of guanidine groups is 1. The predicted octanol–water partition coefficient (Wildman–Crippen LogP) is 2.02. The Morgan fingerprint density at radius 2 is 2.14 bits per heavy atom. The Kier molecular flexibility index (Phi) is 12.7.